The zero-order chi connectivity index (χ0) is 62.9. The number of aromatic nitrogens is 5. The number of halogens is 2. The third-order valence-electron chi connectivity index (χ3n) is 18.5. The summed E-state index contributed by atoms with van der Waals surface area (Å²) in [5.74, 6) is 1.42. The van der Waals surface area contributed by atoms with Crippen molar-refractivity contribution >= 4 is 122 Å². The van der Waals surface area contributed by atoms with E-state index in [0.29, 0.717) is 11.6 Å². The van der Waals surface area contributed by atoms with Crippen LogP contribution in [0, 0.1) is 0 Å². The predicted molar refractivity (Wildman–Crippen MR) is 405 cm³/mol. The van der Waals surface area contributed by atoms with Gasteiger partial charge in [0.05, 0.1) is 11.0 Å². The number of benzene rings is 13. The van der Waals surface area contributed by atoms with Crippen LogP contribution in [0.1, 0.15) is 17.5 Å². The van der Waals surface area contributed by atoms with Gasteiger partial charge in [0.25, 0.3) is 0 Å². The van der Waals surface area contributed by atoms with Gasteiger partial charge in [-0.1, -0.05) is 109 Å². The Balaban J connectivity index is 0.639. The average Bonchev–Trinajstić information content (AvgIpc) is 1.62. The number of hydrogen-bond donors (Lipinski definition) is 1. The van der Waals surface area contributed by atoms with Crippen molar-refractivity contribution in [3.8, 4) is 45.3 Å². The molecular weight excluding hydrogens is 1390 g/mol. The molecule has 1 N–H and O–H groups in total. The molecule has 0 saturated heterocycles. The molecule has 8 nitrogen and oxygen atoms in total. The fraction of sp³-hybridized carbons (Fsp3) is 0.0235. The second-order valence-corrected chi connectivity index (χ2v) is 32.3. The van der Waals surface area contributed by atoms with Crippen LogP contribution in [0.25, 0.3) is 110 Å². The maximum atomic E-state index is 5.30. The Hall–Kier alpha value is -10.9. The monoisotopic (exact) mass is 1450 g/mol. The quantitative estimate of drug-likeness (QED) is 0.117. The van der Waals surface area contributed by atoms with Crippen molar-refractivity contribution in [1.82, 2.24) is 24.3 Å². The molecule has 10 heteroatoms. The molecule has 1 unspecified atom stereocenters. The number of allylic oxidation sites excluding steroid dienone is 2. The van der Waals surface area contributed by atoms with Crippen LogP contribution in [-0.4, -0.2) is 40.1 Å². The first kappa shape index (κ1) is 56.8. The molecule has 13 aromatic carbocycles. The van der Waals surface area contributed by atoms with E-state index in [1.165, 1.54) is 59.9 Å². The fourth-order valence-electron chi connectivity index (χ4n) is 14.1. The molecule has 0 saturated carbocycles. The molecular formula is C85H59I2N8-. The summed E-state index contributed by atoms with van der Waals surface area (Å²) in [7, 11) is 0. The number of H-pyrrole nitrogens is 1. The Morgan fingerprint density at radius 3 is 1.71 bits per heavy atom. The van der Waals surface area contributed by atoms with Gasteiger partial charge in [0.2, 0.25) is 0 Å². The van der Waals surface area contributed by atoms with E-state index in [2.05, 4.69) is 345 Å². The summed E-state index contributed by atoms with van der Waals surface area (Å²) in [4.78, 5) is 8.47. The van der Waals surface area contributed by atoms with E-state index in [1.54, 1.807) is 0 Å². The van der Waals surface area contributed by atoms with Gasteiger partial charge in [0.15, 0.2) is 11.6 Å². The van der Waals surface area contributed by atoms with E-state index in [9.17, 15) is 0 Å². The van der Waals surface area contributed by atoms with Gasteiger partial charge in [-0.3, -0.25) is 0 Å². The number of anilines is 5. The number of para-hydroxylation sites is 4. The van der Waals surface area contributed by atoms with Gasteiger partial charge in [-0.05, 0) is 107 Å². The van der Waals surface area contributed by atoms with Gasteiger partial charge in [-0.25, -0.2) is 0 Å². The Morgan fingerprint density at radius 2 is 0.958 bits per heavy atom. The number of nitrogens with zero attached hydrogens (tertiary/aromatic N) is 7. The molecule has 454 valence electrons. The van der Waals surface area contributed by atoms with Gasteiger partial charge in [-0.2, -0.15) is 0 Å². The van der Waals surface area contributed by atoms with Crippen LogP contribution in [0.2, 0.25) is 0 Å². The van der Waals surface area contributed by atoms with E-state index < -0.39 is 40.3 Å². The Labute approximate surface area is 566 Å². The van der Waals surface area contributed by atoms with Crippen molar-refractivity contribution in [1.29, 1.82) is 0 Å². The average molecular weight is 1450 g/mol. The Bertz CT molecular complexity index is 5890. The molecule has 3 aromatic heterocycles. The second kappa shape index (κ2) is 23.9. The standard InChI is InChI=1S/C85H59I2N8/c1-87-82(86-83(89-87)61-39-38-56-20-11-12-21-59(56)52-61)57-40-44-65(45-41-57)92(62-23-5-2-6-24-62)69-49-51-81-77(55-69)74-31-14-16-37-79(74)95(81)67-29-17-22-60(53-67)70-32-18-34-72-71(70)33-19-35-75(72)85-88-84(90-91-85)58-42-46-66(47-43-58)93(63-25-7-3-8-26-63)68-48-50-80-76(54-68)73-30-13-15-36-78(73)94(80)64-27-9-4-10-28-64/h2-23,25-55,62H,1,24H2,(H,88,90,91)/q-1. The third kappa shape index (κ3) is 10.1. The van der Waals surface area contributed by atoms with Crippen LogP contribution in [-0.2, 0) is 0 Å². The third-order valence-corrected chi connectivity index (χ3v) is 29.2. The molecule has 0 bridgehead atoms. The molecule has 0 radical (unpaired) electrons. The molecule has 0 fully saturated rings. The van der Waals surface area contributed by atoms with Crippen LogP contribution in [0.4, 0.5) is 28.4 Å². The summed E-state index contributed by atoms with van der Waals surface area (Å²) >= 11 is -2.33. The molecule has 1 atom stereocenters. The van der Waals surface area contributed by atoms with E-state index >= 15 is 0 Å². The summed E-state index contributed by atoms with van der Waals surface area (Å²) in [6.45, 7) is 0. The van der Waals surface area contributed by atoms with Gasteiger partial charge in [-0.15, -0.1) is 10.2 Å². The Morgan fingerprint density at radius 1 is 0.400 bits per heavy atom. The minimum atomic E-state index is -1.92. The summed E-state index contributed by atoms with van der Waals surface area (Å²) in [6.07, 6.45) is 9.88. The molecule has 0 amide bonds. The van der Waals surface area contributed by atoms with Gasteiger partial charge in [0, 0.05) is 44.6 Å². The molecule has 4 heterocycles. The van der Waals surface area contributed by atoms with Crippen molar-refractivity contribution in [3.63, 3.8) is 0 Å². The van der Waals surface area contributed by atoms with Crippen molar-refractivity contribution in [3.05, 3.63) is 333 Å². The molecule has 1 aliphatic heterocycles. The first-order valence-electron chi connectivity index (χ1n) is 32.0. The molecule has 95 heavy (non-hydrogen) atoms. The number of nitrogens with one attached hydrogen (secondary N) is 1. The van der Waals surface area contributed by atoms with Gasteiger partial charge in [0.1, 0.15) is 0 Å². The zero-order valence-electron chi connectivity index (χ0n) is 51.5. The fourth-order valence-corrected chi connectivity index (χ4v) is 23.9. The van der Waals surface area contributed by atoms with Crippen molar-refractivity contribution in [2.75, 3.05) is 9.80 Å². The molecule has 16 aromatic rings. The molecule has 2 aliphatic rings. The normalized spacial score (nSPS) is 14.2. The van der Waals surface area contributed by atoms with E-state index in [0.717, 1.165) is 90.1 Å². The first-order chi connectivity index (χ1) is 47.0. The maximum absolute atomic E-state index is 5.30. The first-order valence-corrected chi connectivity index (χ1v) is 37.7. The van der Waals surface area contributed by atoms with E-state index in [4.69, 9.17) is 17.9 Å². The molecule has 0 spiro atoms. The van der Waals surface area contributed by atoms with Gasteiger partial charge >= 0.3 is 263 Å². The predicted octanol–water partition coefficient (Wildman–Crippen LogP) is 18.7. The number of rotatable bonds is 13. The number of aromatic amines is 1. The topological polar surface area (TPSA) is 70.3 Å². The molecule has 18 rings (SSSR count). The van der Waals surface area contributed by atoms with Gasteiger partial charge < -0.3 is 14.5 Å². The van der Waals surface area contributed by atoms with Crippen molar-refractivity contribution in [2.45, 2.75) is 12.5 Å². The van der Waals surface area contributed by atoms with Crippen LogP contribution < -0.4 is 31.0 Å². The van der Waals surface area contributed by atoms with Crippen LogP contribution in [0.15, 0.2) is 325 Å². The van der Waals surface area contributed by atoms with Crippen LogP contribution in [0.3, 0.4) is 0 Å². The Kier molecular flexibility index (Phi) is 14.3. The second-order valence-electron chi connectivity index (χ2n) is 24.1. The van der Waals surface area contributed by atoms with Crippen LogP contribution >= 0.6 is 19.1 Å². The summed E-state index contributed by atoms with van der Waals surface area (Å²) < 4.78 is 17.6. The zero-order valence-corrected chi connectivity index (χ0v) is 55.8. The van der Waals surface area contributed by atoms with Crippen LogP contribution in [0.5, 0.6) is 0 Å². The van der Waals surface area contributed by atoms with E-state index in [-0.39, 0.29) is 6.04 Å². The van der Waals surface area contributed by atoms with Crippen molar-refractivity contribution in [2.24, 2.45) is 3.21 Å². The summed E-state index contributed by atoms with van der Waals surface area (Å²) in [6, 6.07) is 108. The van der Waals surface area contributed by atoms with Crippen molar-refractivity contribution < 1.29 is 21.2 Å². The number of fused-ring (bicyclic) bond motifs is 8. The SMILES string of the molecule is C=I1=C(c2ccc(N(c3ccc4c(c3)c3ccccc3n4-c3cccc(-c4cccc5c(-c6nnc(-c7ccc(N(c8ccccc8)c8ccc9c(c8)c8ccccc8n9-c8ccccc8)cc7)[nH]6)cccc45)c3)C3C=CC=CC3)cc2)[I-]C(c2ccc3ccccc3c2)=N1. The summed E-state index contributed by atoms with van der Waals surface area (Å²) in [5, 5.41) is 19.2. The molecule has 1 aliphatic carbocycles. The summed E-state index contributed by atoms with van der Waals surface area (Å²) in [5.41, 5.74) is 19.1. The number of hydrogen-bond acceptors (Lipinski definition) is 5. The van der Waals surface area contributed by atoms with E-state index in [1.807, 2.05) is 0 Å². The minimum absolute atomic E-state index is 0.150.